The number of carbonyl (C=O) groups excluding carboxylic acids is 1. The largest absolute Gasteiger partial charge is 0.497 e. The molecular formula is C26H37N3O2. The van der Waals surface area contributed by atoms with Crippen LogP contribution in [0.5, 0.6) is 5.75 Å². The lowest BCUT2D eigenvalue weighted by atomic mass is 9.85. The second kappa shape index (κ2) is 11.8. The van der Waals surface area contributed by atoms with Crippen LogP contribution in [0.3, 0.4) is 0 Å². The van der Waals surface area contributed by atoms with Gasteiger partial charge in [-0.2, -0.15) is 0 Å². The molecule has 1 aliphatic heterocycles. The summed E-state index contributed by atoms with van der Waals surface area (Å²) in [5.41, 5.74) is 1.44. The molecule has 1 saturated heterocycles. The summed E-state index contributed by atoms with van der Waals surface area (Å²) in [5.74, 6) is 1.52. The maximum absolute atomic E-state index is 13.0. The number of nitrogens with zero attached hydrogens (tertiary/aromatic N) is 2. The Morgan fingerprint density at radius 1 is 1.29 bits per heavy atom. The quantitative estimate of drug-likeness (QED) is 0.405. The molecule has 0 radical (unpaired) electrons. The third kappa shape index (κ3) is 6.30. The second-order valence-electron chi connectivity index (χ2n) is 8.61. The van der Waals surface area contributed by atoms with E-state index in [0.717, 1.165) is 36.2 Å². The molecule has 1 N–H and O–H groups in total. The maximum atomic E-state index is 13.0. The van der Waals surface area contributed by atoms with Crippen LogP contribution in [0, 0.1) is 11.8 Å². The molecule has 168 valence electrons. The van der Waals surface area contributed by atoms with Crippen LogP contribution in [0.2, 0.25) is 0 Å². The highest BCUT2D eigenvalue weighted by Crippen LogP contribution is 2.26. The van der Waals surface area contributed by atoms with E-state index in [4.69, 9.17) is 4.74 Å². The minimum absolute atomic E-state index is 0.0539. The molecule has 2 aromatic rings. The van der Waals surface area contributed by atoms with Gasteiger partial charge in [0.15, 0.2) is 0 Å². The van der Waals surface area contributed by atoms with Crippen LogP contribution in [0.1, 0.15) is 55.8 Å². The predicted octanol–water partition coefficient (Wildman–Crippen LogP) is 5.07. The van der Waals surface area contributed by atoms with Crippen molar-refractivity contribution in [2.24, 2.45) is 11.8 Å². The van der Waals surface area contributed by atoms with Crippen LogP contribution in [0.25, 0.3) is 10.9 Å². The molecule has 1 aromatic heterocycles. The van der Waals surface area contributed by atoms with Crippen LogP contribution in [-0.4, -0.2) is 49.1 Å². The fraction of sp³-hybridized carbons (Fsp3) is 0.538. The predicted molar refractivity (Wildman–Crippen MR) is 128 cm³/mol. The Hall–Kier alpha value is -2.40. The van der Waals surface area contributed by atoms with Gasteiger partial charge in [-0.15, -0.1) is 6.58 Å². The van der Waals surface area contributed by atoms with Gasteiger partial charge in [0.2, 0.25) is 0 Å². The molecule has 2 heterocycles. The molecule has 31 heavy (non-hydrogen) atoms. The lowest BCUT2D eigenvalue weighted by Crippen LogP contribution is -2.44. The molecule has 0 unspecified atom stereocenters. The first-order valence-electron chi connectivity index (χ1n) is 11.7. The summed E-state index contributed by atoms with van der Waals surface area (Å²) >= 11 is 0. The van der Waals surface area contributed by atoms with Crippen LogP contribution < -0.4 is 10.1 Å². The number of ether oxygens (including phenoxy) is 1. The third-order valence-electron chi connectivity index (χ3n) is 6.49. The third-order valence-corrected chi connectivity index (χ3v) is 6.49. The number of carbonyl (C=O) groups is 1. The number of methoxy groups -OCH3 is 1. The molecule has 2 atom stereocenters. The van der Waals surface area contributed by atoms with Gasteiger partial charge < -0.3 is 15.0 Å². The van der Waals surface area contributed by atoms with E-state index in [-0.39, 0.29) is 5.91 Å². The summed E-state index contributed by atoms with van der Waals surface area (Å²) in [6.07, 6.45) is 11.4. The van der Waals surface area contributed by atoms with E-state index in [9.17, 15) is 4.79 Å². The van der Waals surface area contributed by atoms with Gasteiger partial charge >= 0.3 is 0 Å². The topological polar surface area (TPSA) is 54.5 Å². The molecule has 1 aliphatic rings. The number of hydrogen-bond donors (Lipinski definition) is 1. The molecule has 1 amide bonds. The summed E-state index contributed by atoms with van der Waals surface area (Å²) in [7, 11) is 1.63. The van der Waals surface area contributed by atoms with Crippen molar-refractivity contribution < 1.29 is 9.53 Å². The zero-order valence-corrected chi connectivity index (χ0v) is 19.1. The number of aromatic nitrogens is 1. The average Bonchev–Trinajstić information content (AvgIpc) is 2.81. The van der Waals surface area contributed by atoms with E-state index >= 15 is 0 Å². The van der Waals surface area contributed by atoms with Gasteiger partial charge in [-0.05, 0) is 62.0 Å². The Morgan fingerprint density at radius 2 is 2.13 bits per heavy atom. The lowest BCUT2D eigenvalue weighted by molar-refractivity contribution is 0.0921. The van der Waals surface area contributed by atoms with Crippen molar-refractivity contribution in [1.82, 2.24) is 15.2 Å². The van der Waals surface area contributed by atoms with E-state index in [1.165, 1.54) is 38.6 Å². The van der Waals surface area contributed by atoms with E-state index in [1.807, 2.05) is 18.2 Å². The fourth-order valence-corrected chi connectivity index (χ4v) is 4.53. The Labute approximate surface area is 186 Å². The normalized spacial score (nSPS) is 19.3. The van der Waals surface area contributed by atoms with Crippen molar-refractivity contribution in [3.63, 3.8) is 0 Å². The first-order valence-corrected chi connectivity index (χ1v) is 11.7. The minimum atomic E-state index is -0.0539. The Kier molecular flexibility index (Phi) is 8.89. The number of benzene rings is 1. The first-order chi connectivity index (χ1) is 15.2. The Morgan fingerprint density at radius 3 is 2.90 bits per heavy atom. The number of hydrogen-bond acceptors (Lipinski definition) is 4. The number of pyridine rings is 1. The van der Waals surface area contributed by atoms with E-state index in [0.29, 0.717) is 23.9 Å². The SMILES string of the molecule is C=C[C@H]1CN(CCCCCCC)CC[C@H]1CNC(=O)c1ccnc2ccc(OC)cc12. The van der Waals surface area contributed by atoms with Crippen molar-refractivity contribution in [1.29, 1.82) is 0 Å². The average molecular weight is 424 g/mol. The van der Waals surface area contributed by atoms with Gasteiger partial charge in [-0.25, -0.2) is 0 Å². The number of piperidine rings is 1. The maximum Gasteiger partial charge on any atom is 0.252 e. The number of nitrogens with one attached hydrogen (secondary N) is 1. The molecule has 1 aromatic carbocycles. The lowest BCUT2D eigenvalue weighted by Gasteiger charge is -2.37. The molecule has 0 saturated carbocycles. The van der Waals surface area contributed by atoms with Gasteiger partial charge in [0, 0.05) is 24.7 Å². The highest BCUT2D eigenvalue weighted by molar-refractivity contribution is 6.06. The van der Waals surface area contributed by atoms with Crippen molar-refractivity contribution in [2.45, 2.75) is 45.4 Å². The van der Waals surface area contributed by atoms with Crippen LogP contribution in [-0.2, 0) is 0 Å². The minimum Gasteiger partial charge on any atom is -0.497 e. The Balaban J connectivity index is 1.54. The zero-order chi connectivity index (χ0) is 22.1. The number of amides is 1. The Bertz CT molecular complexity index is 867. The summed E-state index contributed by atoms with van der Waals surface area (Å²) in [5, 5.41) is 3.99. The standard InChI is InChI=1S/C26H37N3O2/c1-4-6-7-8-9-15-29-16-13-21(20(5-2)19-29)18-28-26(30)23-12-14-27-25-11-10-22(31-3)17-24(23)25/h5,10-12,14,17,20-21H,2,4,6-9,13,15-16,18-19H2,1,3H3,(H,28,30)/t20-,21-/m0/s1. The number of unbranched alkanes of at least 4 members (excludes halogenated alkanes) is 4. The van der Waals surface area contributed by atoms with Crippen molar-refractivity contribution in [2.75, 3.05) is 33.3 Å². The summed E-state index contributed by atoms with van der Waals surface area (Å²) < 4.78 is 5.32. The summed E-state index contributed by atoms with van der Waals surface area (Å²) in [6, 6.07) is 7.41. The number of likely N-dealkylation sites (tertiary alicyclic amines) is 1. The summed E-state index contributed by atoms with van der Waals surface area (Å²) in [6.45, 7) is 10.3. The van der Waals surface area contributed by atoms with Crippen molar-refractivity contribution in [3.05, 3.63) is 48.7 Å². The highest BCUT2D eigenvalue weighted by Gasteiger charge is 2.27. The monoisotopic (exact) mass is 423 g/mol. The van der Waals surface area contributed by atoms with Crippen molar-refractivity contribution in [3.8, 4) is 5.75 Å². The number of fused-ring (bicyclic) bond motifs is 1. The van der Waals surface area contributed by atoms with Gasteiger partial charge in [0.25, 0.3) is 5.91 Å². The first kappa shape index (κ1) is 23.3. The van der Waals surface area contributed by atoms with Crippen molar-refractivity contribution >= 4 is 16.8 Å². The van der Waals surface area contributed by atoms with Gasteiger partial charge in [-0.1, -0.05) is 38.7 Å². The van der Waals surface area contributed by atoms with E-state index in [2.05, 4.69) is 34.8 Å². The molecule has 5 nitrogen and oxygen atoms in total. The molecule has 3 rings (SSSR count). The van der Waals surface area contributed by atoms with Crippen LogP contribution >= 0.6 is 0 Å². The molecule has 1 fully saturated rings. The van der Waals surface area contributed by atoms with Gasteiger partial charge in [0.05, 0.1) is 18.2 Å². The molecule has 5 heteroatoms. The van der Waals surface area contributed by atoms with Crippen LogP contribution in [0.4, 0.5) is 0 Å². The second-order valence-corrected chi connectivity index (χ2v) is 8.61. The fourth-order valence-electron chi connectivity index (χ4n) is 4.53. The number of rotatable bonds is 11. The van der Waals surface area contributed by atoms with E-state index < -0.39 is 0 Å². The molecule has 0 aliphatic carbocycles. The molecule has 0 bridgehead atoms. The smallest absolute Gasteiger partial charge is 0.252 e. The van der Waals surface area contributed by atoms with Crippen LogP contribution in [0.15, 0.2) is 43.1 Å². The van der Waals surface area contributed by atoms with E-state index in [1.54, 1.807) is 19.4 Å². The summed E-state index contributed by atoms with van der Waals surface area (Å²) in [4.78, 5) is 19.9. The highest BCUT2D eigenvalue weighted by atomic mass is 16.5. The zero-order valence-electron chi connectivity index (χ0n) is 19.1. The molecule has 0 spiro atoms. The van der Waals surface area contributed by atoms with Gasteiger partial charge in [0.1, 0.15) is 5.75 Å². The molecular weight excluding hydrogens is 386 g/mol. The van der Waals surface area contributed by atoms with Gasteiger partial charge in [-0.3, -0.25) is 9.78 Å².